The van der Waals surface area contributed by atoms with Gasteiger partial charge in [-0.3, -0.25) is 4.90 Å². The number of nitrogens with zero attached hydrogens (tertiary/aromatic N) is 3. The maximum absolute atomic E-state index is 13.8. The summed E-state index contributed by atoms with van der Waals surface area (Å²) in [6.07, 6.45) is 3.46. The first-order chi connectivity index (χ1) is 13.2. The van der Waals surface area contributed by atoms with Crippen LogP contribution in [0.4, 0.5) is 8.78 Å². The van der Waals surface area contributed by atoms with Crippen molar-refractivity contribution in [2.75, 3.05) is 6.54 Å². The summed E-state index contributed by atoms with van der Waals surface area (Å²) in [5.74, 6) is 0.480. The number of rotatable bonds is 5. The van der Waals surface area contributed by atoms with E-state index in [-0.39, 0.29) is 17.7 Å². The van der Waals surface area contributed by atoms with Gasteiger partial charge in [-0.2, -0.15) is 4.98 Å². The van der Waals surface area contributed by atoms with Crippen LogP contribution >= 0.6 is 0 Å². The van der Waals surface area contributed by atoms with Crippen molar-refractivity contribution in [3.63, 3.8) is 0 Å². The SMILES string of the molecule is Fc1cccc(C2CCCCN2Cc2nc(Cc3ccccc3F)no2)c1. The number of hydrogen-bond acceptors (Lipinski definition) is 4. The summed E-state index contributed by atoms with van der Waals surface area (Å²) in [7, 11) is 0. The molecule has 0 radical (unpaired) electrons. The molecule has 1 fully saturated rings. The van der Waals surface area contributed by atoms with Crippen LogP contribution in [0.15, 0.2) is 53.1 Å². The number of halogens is 2. The molecule has 0 bridgehead atoms. The van der Waals surface area contributed by atoms with Crippen molar-refractivity contribution < 1.29 is 13.3 Å². The lowest BCUT2D eigenvalue weighted by Crippen LogP contribution is -2.33. The molecule has 1 atom stereocenters. The minimum absolute atomic E-state index is 0.136. The van der Waals surface area contributed by atoms with Crippen LogP contribution in [0, 0.1) is 11.6 Å². The molecule has 4 nitrogen and oxygen atoms in total. The maximum atomic E-state index is 13.8. The second-order valence-corrected chi connectivity index (χ2v) is 6.91. The number of aromatic nitrogens is 2. The first-order valence-corrected chi connectivity index (χ1v) is 9.23. The van der Waals surface area contributed by atoms with Crippen LogP contribution in [0.25, 0.3) is 0 Å². The van der Waals surface area contributed by atoms with Gasteiger partial charge in [-0.1, -0.05) is 41.9 Å². The van der Waals surface area contributed by atoms with Crippen molar-refractivity contribution in [1.29, 1.82) is 0 Å². The van der Waals surface area contributed by atoms with Gasteiger partial charge in [-0.05, 0) is 48.7 Å². The molecule has 1 aliphatic rings. The monoisotopic (exact) mass is 369 g/mol. The molecular formula is C21H21F2N3O. The van der Waals surface area contributed by atoms with E-state index in [9.17, 15) is 8.78 Å². The van der Waals surface area contributed by atoms with Gasteiger partial charge in [0.25, 0.3) is 0 Å². The number of likely N-dealkylation sites (tertiary alicyclic amines) is 1. The fraction of sp³-hybridized carbons (Fsp3) is 0.333. The first kappa shape index (κ1) is 17.8. The second kappa shape index (κ2) is 7.96. The van der Waals surface area contributed by atoms with E-state index in [4.69, 9.17) is 4.52 Å². The number of benzene rings is 2. The Balaban J connectivity index is 1.48. The van der Waals surface area contributed by atoms with Crippen LogP contribution in [0.3, 0.4) is 0 Å². The number of piperidine rings is 1. The third-order valence-corrected chi connectivity index (χ3v) is 5.00. The fourth-order valence-electron chi connectivity index (χ4n) is 3.68. The van der Waals surface area contributed by atoms with Crippen LogP contribution in [-0.4, -0.2) is 21.6 Å². The molecule has 0 spiro atoms. The smallest absolute Gasteiger partial charge is 0.240 e. The zero-order valence-electron chi connectivity index (χ0n) is 14.9. The molecule has 2 heterocycles. The summed E-state index contributed by atoms with van der Waals surface area (Å²) in [6, 6.07) is 13.5. The summed E-state index contributed by atoms with van der Waals surface area (Å²) in [6.45, 7) is 1.40. The Kier molecular flexibility index (Phi) is 5.25. The molecule has 0 aliphatic carbocycles. The molecule has 1 saturated heterocycles. The van der Waals surface area contributed by atoms with E-state index in [1.807, 2.05) is 6.07 Å². The molecule has 0 saturated carbocycles. The molecule has 1 unspecified atom stereocenters. The Bertz CT molecular complexity index is 912. The van der Waals surface area contributed by atoms with E-state index in [0.29, 0.717) is 30.2 Å². The molecule has 27 heavy (non-hydrogen) atoms. The average molecular weight is 369 g/mol. The molecule has 4 rings (SSSR count). The molecule has 3 aromatic rings. The Labute approximate surface area is 156 Å². The Morgan fingerprint density at radius 3 is 2.81 bits per heavy atom. The van der Waals surface area contributed by atoms with Crippen LogP contribution in [0.1, 0.15) is 48.1 Å². The molecule has 0 amide bonds. The summed E-state index contributed by atoms with van der Waals surface area (Å²) in [4.78, 5) is 6.67. The van der Waals surface area contributed by atoms with Crippen molar-refractivity contribution in [3.8, 4) is 0 Å². The molecule has 1 aliphatic heterocycles. The Morgan fingerprint density at radius 1 is 1.07 bits per heavy atom. The van der Waals surface area contributed by atoms with E-state index < -0.39 is 0 Å². The van der Waals surface area contributed by atoms with Gasteiger partial charge in [0.05, 0.1) is 6.54 Å². The van der Waals surface area contributed by atoms with Gasteiger partial charge in [-0.15, -0.1) is 0 Å². The van der Waals surface area contributed by atoms with Gasteiger partial charge in [-0.25, -0.2) is 8.78 Å². The molecule has 140 valence electrons. The minimum Gasteiger partial charge on any atom is -0.338 e. The van der Waals surface area contributed by atoms with Crippen LogP contribution in [0.2, 0.25) is 0 Å². The third kappa shape index (κ3) is 4.22. The third-order valence-electron chi connectivity index (χ3n) is 5.00. The van der Waals surface area contributed by atoms with E-state index in [0.717, 1.165) is 31.4 Å². The van der Waals surface area contributed by atoms with E-state index >= 15 is 0 Å². The van der Waals surface area contributed by atoms with Crippen molar-refractivity contribution in [3.05, 3.63) is 83.0 Å². The maximum Gasteiger partial charge on any atom is 0.240 e. The average Bonchev–Trinajstić information content (AvgIpc) is 3.11. The highest BCUT2D eigenvalue weighted by atomic mass is 19.1. The highest BCUT2D eigenvalue weighted by molar-refractivity contribution is 5.22. The second-order valence-electron chi connectivity index (χ2n) is 6.91. The zero-order chi connectivity index (χ0) is 18.6. The van der Waals surface area contributed by atoms with Gasteiger partial charge in [0.2, 0.25) is 5.89 Å². The lowest BCUT2D eigenvalue weighted by atomic mass is 9.95. The van der Waals surface area contributed by atoms with Crippen molar-refractivity contribution in [2.45, 2.75) is 38.3 Å². The Morgan fingerprint density at radius 2 is 1.96 bits per heavy atom. The lowest BCUT2D eigenvalue weighted by molar-refractivity contribution is 0.123. The van der Waals surface area contributed by atoms with Crippen LogP contribution in [0.5, 0.6) is 0 Å². The Hall–Kier alpha value is -2.60. The van der Waals surface area contributed by atoms with E-state index in [1.54, 1.807) is 30.3 Å². The molecule has 6 heteroatoms. The van der Waals surface area contributed by atoms with Gasteiger partial charge in [0.1, 0.15) is 11.6 Å². The molecule has 0 N–H and O–H groups in total. The summed E-state index contributed by atoms with van der Waals surface area (Å²) < 4.78 is 32.8. The lowest BCUT2D eigenvalue weighted by Gasteiger charge is -2.35. The number of hydrogen-bond donors (Lipinski definition) is 0. The van der Waals surface area contributed by atoms with Gasteiger partial charge >= 0.3 is 0 Å². The molecule has 2 aromatic carbocycles. The molecule has 1 aromatic heterocycles. The van der Waals surface area contributed by atoms with Gasteiger partial charge < -0.3 is 4.52 Å². The predicted octanol–water partition coefficient (Wildman–Crippen LogP) is 4.67. The van der Waals surface area contributed by atoms with Crippen LogP contribution < -0.4 is 0 Å². The fourth-order valence-corrected chi connectivity index (χ4v) is 3.68. The topological polar surface area (TPSA) is 42.2 Å². The van der Waals surface area contributed by atoms with Crippen LogP contribution in [-0.2, 0) is 13.0 Å². The van der Waals surface area contributed by atoms with Gasteiger partial charge in [0, 0.05) is 12.5 Å². The van der Waals surface area contributed by atoms with E-state index in [1.165, 1.54) is 12.1 Å². The minimum atomic E-state index is -0.272. The normalized spacial score (nSPS) is 17.9. The summed E-state index contributed by atoms with van der Waals surface area (Å²) in [5.41, 5.74) is 1.52. The van der Waals surface area contributed by atoms with Crippen molar-refractivity contribution in [2.24, 2.45) is 0 Å². The standard InChI is InChI=1S/C21H21F2N3O/c22-17-8-5-7-16(12-17)19-10-3-4-11-26(19)14-21-24-20(25-27-21)13-15-6-1-2-9-18(15)23/h1-2,5-9,12,19H,3-4,10-11,13-14H2. The van der Waals surface area contributed by atoms with Gasteiger partial charge in [0.15, 0.2) is 5.82 Å². The summed E-state index contributed by atoms with van der Waals surface area (Å²) >= 11 is 0. The van der Waals surface area contributed by atoms with Crippen molar-refractivity contribution >= 4 is 0 Å². The highest BCUT2D eigenvalue weighted by Crippen LogP contribution is 2.32. The van der Waals surface area contributed by atoms with Crippen molar-refractivity contribution in [1.82, 2.24) is 15.0 Å². The highest BCUT2D eigenvalue weighted by Gasteiger charge is 2.26. The quantitative estimate of drug-likeness (QED) is 0.656. The summed E-state index contributed by atoms with van der Waals surface area (Å²) in [5, 5.41) is 3.99. The first-order valence-electron chi connectivity index (χ1n) is 9.23. The zero-order valence-corrected chi connectivity index (χ0v) is 14.9. The predicted molar refractivity (Wildman–Crippen MR) is 96.9 cm³/mol. The largest absolute Gasteiger partial charge is 0.338 e. The van der Waals surface area contributed by atoms with E-state index in [2.05, 4.69) is 15.0 Å². The molecular weight excluding hydrogens is 348 g/mol.